The quantitative estimate of drug-likeness (QED) is 0.00895. The number of ether oxygens (including phenoxy) is 7. The summed E-state index contributed by atoms with van der Waals surface area (Å²) in [5.41, 5.74) is -0.215. The third-order valence-corrected chi connectivity index (χ3v) is 21.2. The summed E-state index contributed by atoms with van der Waals surface area (Å²) in [7, 11) is -10.4. The largest absolute Gasteiger partial charge is 1.00 e. The zero-order valence-electron chi connectivity index (χ0n) is 72.7. The van der Waals surface area contributed by atoms with E-state index in [1.807, 2.05) is 20.8 Å². The summed E-state index contributed by atoms with van der Waals surface area (Å²) in [6.07, 6.45) is 34.3. The molecule has 9 atom stereocenters. The number of rotatable bonds is 69. The molecule has 1 saturated heterocycles. The molecule has 1 fully saturated rings. The van der Waals surface area contributed by atoms with Gasteiger partial charge in [-0.3, -0.25) is 47.5 Å². The van der Waals surface area contributed by atoms with Crippen LogP contribution in [0.15, 0.2) is 18.2 Å². The van der Waals surface area contributed by atoms with Gasteiger partial charge in [0.25, 0.3) is 21.6 Å². The van der Waals surface area contributed by atoms with Crippen LogP contribution in [0.4, 0.5) is 5.69 Å². The smallest absolute Gasteiger partial charge is 0.756 e. The van der Waals surface area contributed by atoms with Crippen LogP contribution in [-0.2, 0) is 98.7 Å². The van der Waals surface area contributed by atoms with Gasteiger partial charge in [0.05, 0.1) is 43.6 Å². The van der Waals surface area contributed by atoms with Gasteiger partial charge in [-0.05, 0) is 64.0 Å². The first-order valence-corrected chi connectivity index (χ1v) is 46.1. The number of para-hydroxylation sites is 1. The van der Waals surface area contributed by atoms with Crippen LogP contribution in [0.1, 0.15) is 362 Å². The molecule has 4 N–H and O–H groups in total. The Morgan fingerprint density at radius 1 is 0.483 bits per heavy atom. The van der Waals surface area contributed by atoms with E-state index in [4.69, 9.17) is 51.3 Å². The second-order valence-corrected chi connectivity index (χ2v) is 33.3. The van der Waals surface area contributed by atoms with E-state index in [9.17, 15) is 72.3 Å². The topological polar surface area (TPSA) is 400 Å². The van der Waals surface area contributed by atoms with Crippen LogP contribution in [0.5, 0.6) is 5.75 Å². The Hall–Kier alpha value is -3.57. The van der Waals surface area contributed by atoms with Gasteiger partial charge in [0.15, 0.2) is 30.1 Å². The van der Waals surface area contributed by atoms with Crippen molar-refractivity contribution in [2.45, 2.75) is 394 Å². The number of anilines is 1. The second kappa shape index (κ2) is 73.0. The Morgan fingerprint density at radius 2 is 0.828 bits per heavy atom. The molecule has 2 rings (SSSR count). The van der Waals surface area contributed by atoms with Gasteiger partial charge in [-0.2, -0.15) is 0 Å². The molecule has 28 nitrogen and oxygen atoms in total. The zero-order valence-corrected chi connectivity index (χ0v) is 78.4. The number of cyclic esters (lactones) is 2. The standard InChI is InChI=1S/C57H110O17P2.C27H38N2O9.2Na/c1-5-9-13-17-21-25-29-33-37-41-54(59)67-47-52(73-56(61)43-39-35-31-27-23-19-15-11-7-3)49-71-75(63,64)69-45-51(58)46-70-76(65,66)72-50-53(74-57(62)44-40-36-32-28-24-20-16-12-8-4)48-68-55(60)42-38-34-30-26-22-18-14-10-6-2;1-6-7-8-10-19-24(38-21(31)13-15(2)3)17(5)37-27(35)22(16(4)36-26(19)34)29-25(33)18-11-9-12-20(23(18)32)28-14-30;;/h51-53,58H,5-50H2,1-4H3,(H,63,64)(H,65,66);9,11-12,14-17,19,22,24,32H,6-8,10,13H2,1-5H3,(H,28,30)(H,29,33);;/q;;2*+1/p-2. The summed E-state index contributed by atoms with van der Waals surface area (Å²) >= 11 is 0. The van der Waals surface area contributed by atoms with Crippen molar-refractivity contribution in [1.29, 1.82) is 0 Å². The number of aliphatic hydroxyl groups excluding tert-OH is 1. The Labute approximate surface area is 738 Å². The molecule has 1 heterocycles. The van der Waals surface area contributed by atoms with Crippen molar-refractivity contribution in [2.75, 3.05) is 45.0 Å². The third kappa shape index (κ3) is 60.0. The predicted molar refractivity (Wildman–Crippen MR) is 431 cm³/mol. The van der Waals surface area contributed by atoms with Crippen molar-refractivity contribution in [1.82, 2.24) is 5.32 Å². The fourth-order valence-corrected chi connectivity index (χ4v) is 14.2. The Balaban J connectivity index is 0. The maximum Gasteiger partial charge on any atom is 1.00 e. The first-order valence-electron chi connectivity index (χ1n) is 43.2. The minimum Gasteiger partial charge on any atom is -0.756 e. The van der Waals surface area contributed by atoms with Gasteiger partial charge < -0.3 is 81.9 Å². The number of aliphatic hydroxyl groups is 1. The van der Waals surface area contributed by atoms with Crippen LogP contribution in [0.3, 0.4) is 0 Å². The molecular weight excluding hydrogens is 1560 g/mol. The number of carbonyl (C=O) groups excluding carboxylic acids is 9. The molecule has 9 unspecified atom stereocenters. The van der Waals surface area contributed by atoms with Crippen LogP contribution in [-0.4, -0.2) is 147 Å². The number of aromatic hydroxyl groups is 1. The summed E-state index contributed by atoms with van der Waals surface area (Å²) in [6.45, 7) is 13.1. The van der Waals surface area contributed by atoms with E-state index >= 15 is 0 Å². The van der Waals surface area contributed by atoms with Crippen molar-refractivity contribution < 1.29 is 183 Å². The minimum atomic E-state index is -5.20. The van der Waals surface area contributed by atoms with Crippen LogP contribution in [0.25, 0.3) is 0 Å². The molecule has 0 spiro atoms. The number of hydrogen-bond acceptors (Lipinski definition) is 26. The van der Waals surface area contributed by atoms with Crippen LogP contribution in [0.2, 0.25) is 0 Å². The molecule has 0 radical (unpaired) electrons. The van der Waals surface area contributed by atoms with Crippen LogP contribution >= 0.6 is 15.6 Å². The van der Waals surface area contributed by atoms with Crippen molar-refractivity contribution in [2.24, 2.45) is 11.8 Å². The van der Waals surface area contributed by atoms with E-state index in [1.54, 1.807) is 0 Å². The van der Waals surface area contributed by atoms with E-state index in [0.29, 0.717) is 44.9 Å². The van der Waals surface area contributed by atoms with Crippen LogP contribution < -0.4 is 79.5 Å². The minimum absolute atomic E-state index is 0. The number of esters is 7. The molecule has 116 heavy (non-hydrogen) atoms. The van der Waals surface area contributed by atoms with Gasteiger partial charge in [-0.15, -0.1) is 0 Å². The summed E-state index contributed by atoms with van der Waals surface area (Å²) in [4.78, 5) is 139. The number of phenols is 1. The van der Waals surface area contributed by atoms with Crippen molar-refractivity contribution >= 4 is 75.4 Å². The molecule has 32 heteroatoms. The second-order valence-electron chi connectivity index (χ2n) is 30.5. The molecule has 1 aliphatic heterocycles. The summed E-state index contributed by atoms with van der Waals surface area (Å²) in [6, 6.07) is 2.71. The number of unbranched alkanes of at least 4 members (excludes halogenated alkanes) is 34. The van der Waals surface area contributed by atoms with Gasteiger partial charge in [-0.25, -0.2) is 4.79 Å². The SMILES string of the molecule is CCCCCC1C(=O)OC(C)C(NC(=O)c2cccc(NC=O)c2O)C(=O)OC(C)C1OC(=O)CC(C)C.CCCCCCCCCCCC(=O)OCC(COP(=O)([O-])OCC(O)COP(=O)([O-])OCC(COC(=O)CCCCCCCCCCC)OC(=O)CCCCCCCCCCC)OC(=O)CCCCCCCCCCC.[Na+].[Na+]. The number of phosphoric acid groups is 2. The summed E-state index contributed by atoms with van der Waals surface area (Å²) in [5.74, 6) is -6.51. The van der Waals surface area contributed by atoms with Crippen molar-refractivity contribution in [3.05, 3.63) is 23.8 Å². The van der Waals surface area contributed by atoms with Crippen molar-refractivity contribution in [3.63, 3.8) is 0 Å². The molecule has 0 aromatic heterocycles. The molecule has 1 aromatic carbocycles. The van der Waals surface area contributed by atoms with E-state index in [-0.39, 0.29) is 108 Å². The predicted octanol–water partition coefficient (Wildman–Crippen LogP) is 11.0. The van der Waals surface area contributed by atoms with E-state index in [2.05, 4.69) is 38.3 Å². The summed E-state index contributed by atoms with van der Waals surface area (Å²) < 4.78 is 83.5. The molecular formula is C84H146N2Na2O26P2. The third-order valence-electron chi connectivity index (χ3n) is 19.3. The molecule has 0 saturated carbocycles. The Kier molecular flexibility index (Phi) is 72.0. The first kappa shape index (κ1) is 114. The monoisotopic (exact) mass is 1710 g/mol. The number of phosphoric ester groups is 2. The average Bonchev–Trinajstić information content (AvgIpc) is 1.64. The molecule has 660 valence electrons. The van der Waals surface area contributed by atoms with E-state index < -0.39 is 157 Å². The fourth-order valence-electron chi connectivity index (χ4n) is 12.6. The maximum absolute atomic E-state index is 13.3. The maximum atomic E-state index is 13.3. The Bertz CT molecular complexity index is 2780. The van der Waals surface area contributed by atoms with Gasteiger partial charge in [0.1, 0.15) is 31.5 Å². The number of hydrogen-bond donors (Lipinski definition) is 4. The number of carbonyl (C=O) groups is 9. The van der Waals surface area contributed by atoms with E-state index in [0.717, 1.165) is 116 Å². The molecule has 1 aliphatic rings. The number of phenolic OH excluding ortho intramolecular Hbond substituents is 1. The molecule has 0 aliphatic carbocycles. The van der Waals surface area contributed by atoms with E-state index in [1.165, 1.54) is 135 Å². The average molecular weight is 1710 g/mol. The summed E-state index contributed by atoms with van der Waals surface area (Å²) in [5, 5.41) is 25.5. The van der Waals surface area contributed by atoms with Gasteiger partial charge in [-0.1, -0.05) is 279 Å². The zero-order chi connectivity index (χ0) is 84.6. The fraction of sp³-hybridized carbons (Fsp3) is 0.821. The molecule has 2 amide bonds. The van der Waals surface area contributed by atoms with Gasteiger partial charge in [0.2, 0.25) is 6.41 Å². The van der Waals surface area contributed by atoms with Crippen molar-refractivity contribution in [3.8, 4) is 5.75 Å². The first-order chi connectivity index (χ1) is 54.7. The molecule has 1 aromatic rings. The normalized spacial score (nSPS) is 17.2. The number of nitrogens with one attached hydrogen (secondary N) is 2. The van der Waals surface area contributed by atoms with Gasteiger partial charge in [0, 0.05) is 32.1 Å². The number of amides is 2. The van der Waals surface area contributed by atoms with Crippen LogP contribution in [0, 0.1) is 11.8 Å². The number of benzene rings is 1. The molecule has 0 bridgehead atoms. The van der Waals surface area contributed by atoms with Gasteiger partial charge >= 0.3 is 101 Å². The Morgan fingerprint density at radius 3 is 1.20 bits per heavy atom.